The van der Waals surface area contributed by atoms with Gasteiger partial charge < -0.3 is 10.4 Å². The van der Waals surface area contributed by atoms with E-state index in [1.54, 1.807) is 0 Å². The number of anilines is 1. The van der Waals surface area contributed by atoms with E-state index >= 15 is 0 Å². The van der Waals surface area contributed by atoms with Gasteiger partial charge in [-0.1, -0.05) is 0 Å². The number of carbonyl (C=O) groups is 1. The van der Waals surface area contributed by atoms with E-state index in [4.69, 9.17) is 5.11 Å². The van der Waals surface area contributed by atoms with E-state index in [9.17, 15) is 14.9 Å². The highest BCUT2D eigenvalue weighted by Gasteiger charge is 2.37. The Hall–Kier alpha value is -2.15. The number of nitrogens with one attached hydrogen (secondary N) is 1. The zero-order chi connectivity index (χ0) is 15.0. The summed E-state index contributed by atoms with van der Waals surface area (Å²) in [4.78, 5) is 24.1. The summed E-state index contributed by atoms with van der Waals surface area (Å²) >= 11 is 0. The lowest BCUT2D eigenvalue weighted by molar-refractivity contribution is -0.384. The average Bonchev–Trinajstić information content (AvgIpc) is 3.03. The third-order valence-corrected chi connectivity index (χ3v) is 4.39. The van der Waals surface area contributed by atoms with Gasteiger partial charge in [-0.05, 0) is 37.9 Å². The monoisotopic (exact) mass is 291 g/mol. The smallest absolute Gasteiger partial charge is 0.335 e. The number of nitro groups is 1. The highest BCUT2D eigenvalue weighted by atomic mass is 16.6. The van der Waals surface area contributed by atoms with Crippen LogP contribution in [0.1, 0.15) is 29.6 Å². The standard InChI is InChI=1S/C14H17N3O4/c18-14(19)9-3-4-13(17(20)21)11(8-9)15-10-5-7-16-6-1-2-12(10)16/h3-4,8,10,12,15H,1-2,5-7H2,(H,18,19). The molecule has 2 saturated heterocycles. The zero-order valence-electron chi connectivity index (χ0n) is 11.5. The normalized spacial score (nSPS) is 24.8. The van der Waals surface area contributed by atoms with Gasteiger partial charge in [0.25, 0.3) is 5.69 Å². The molecule has 7 nitrogen and oxygen atoms in total. The largest absolute Gasteiger partial charge is 0.478 e. The molecule has 112 valence electrons. The Labute approximate surface area is 121 Å². The van der Waals surface area contributed by atoms with Crippen LogP contribution >= 0.6 is 0 Å². The molecule has 2 N–H and O–H groups in total. The summed E-state index contributed by atoms with van der Waals surface area (Å²) < 4.78 is 0. The number of carboxylic acids is 1. The molecule has 2 heterocycles. The third kappa shape index (κ3) is 2.56. The van der Waals surface area contributed by atoms with Crippen molar-refractivity contribution < 1.29 is 14.8 Å². The van der Waals surface area contributed by atoms with Crippen LogP contribution < -0.4 is 5.32 Å². The average molecular weight is 291 g/mol. The van der Waals surface area contributed by atoms with Crippen LogP contribution in [-0.4, -0.2) is 46.1 Å². The lowest BCUT2D eigenvalue weighted by Crippen LogP contribution is -2.33. The van der Waals surface area contributed by atoms with Gasteiger partial charge in [0.1, 0.15) is 5.69 Å². The van der Waals surface area contributed by atoms with Gasteiger partial charge in [-0.3, -0.25) is 15.0 Å². The van der Waals surface area contributed by atoms with Crippen molar-refractivity contribution in [2.75, 3.05) is 18.4 Å². The highest BCUT2D eigenvalue weighted by Crippen LogP contribution is 2.33. The molecule has 2 aliphatic heterocycles. The first-order chi connectivity index (χ1) is 10.1. The van der Waals surface area contributed by atoms with E-state index in [1.165, 1.54) is 18.2 Å². The Morgan fingerprint density at radius 2 is 2.19 bits per heavy atom. The second-order valence-corrected chi connectivity index (χ2v) is 5.58. The van der Waals surface area contributed by atoms with Crippen LogP contribution in [0.15, 0.2) is 18.2 Å². The van der Waals surface area contributed by atoms with E-state index in [0.717, 1.165) is 32.4 Å². The summed E-state index contributed by atoms with van der Waals surface area (Å²) in [5, 5.41) is 23.4. The molecular formula is C14H17N3O4. The van der Waals surface area contributed by atoms with Crippen molar-refractivity contribution in [2.24, 2.45) is 0 Å². The van der Waals surface area contributed by atoms with Crippen molar-refractivity contribution in [3.8, 4) is 0 Å². The minimum absolute atomic E-state index is 0.0596. The maximum Gasteiger partial charge on any atom is 0.335 e. The molecule has 1 aromatic rings. The fourth-order valence-corrected chi connectivity index (χ4v) is 3.39. The predicted octanol–water partition coefficient (Wildman–Crippen LogP) is 1.94. The molecule has 7 heteroatoms. The van der Waals surface area contributed by atoms with Crippen LogP contribution in [0.4, 0.5) is 11.4 Å². The first kappa shape index (κ1) is 13.8. The van der Waals surface area contributed by atoms with Crippen molar-refractivity contribution >= 4 is 17.3 Å². The Morgan fingerprint density at radius 3 is 2.90 bits per heavy atom. The molecule has 3 rings (SSSR count). The number of hydrogen-bond donors (Lipinski definition) is 2. The van der Waals surface area contributed by atoms with Crippen LogP contribution in [-0.2, 0) is 0 Å². The van der Waals surface area contributed by atoms with Crippen LogP contribution in [0.2, 0.25) is 0 Å². The number of fused-ring (bicyclic) bond motifs is 1. The lowest BCUT2D eigenvalue weighted by Gasteiger charge is -2.22. The van der Waals surface area contributed by atoms with Crippen molar-refractivity contribution in [1.29, 1.82) is 0 Å². The molecule has 2 unspecified atom stereocenters. The van der Waals surface area contributed by atoms with E-state index in [-0.39, 0.29) is 17.3 Å². The van der Waals surface area contributed by atoms with Crippen molar-refractivity contribution in [1.82, 2.24) is 4.90 Å². The number of nitrogens with zero attached hydrogens (tertiary/aromatic N) is 2. The van der Waals surface area contributed by atoms with Gasteiger partial charge in [-0.15, -0.1) is 0 Å². The van der Waals surface area contributed by atoms with Crippen LogP contribution in [0.3, 0.4) is 0 Å². The first-order valence-corrected chi connectivity index (χ1v) is 7.08. The lowest BCUT2D eigenvalue weighted by atomic mass is 10.1. The minimum atomic E-state index is -1.08. The number of aromatic carboxylic acids is 1. The second-order valence-electron chi connectivity index (χ2n) is 5.58. The summed E-state index contributed by atoms with van der Waals surface area (Å²) in [6.45, 7) is 2.08. The molecule has 21 heavy (non-hydrogen) atoms. The van der Waals surface area contributed by atoms with Crippen LogP contribution in [0.25, 0.3) is 0 Å². The molecule has 0 aliphatic carbocycles. The Kier molecular flexibility index (Phi) is 3.50. The number of benzene rings is 1. The minimum Gasteiger partial charge on any atom is -0.478 e. The molecule has 0 saturated carbocycles. The molecule has 0 amide bonds. The van der Waals surface area contributed by atoms with Gasteiger partial charge >= 0.3 is 5.97 Å². The van der Waals surface area contributed by atoms with Crippen LogP contribution in [0, 0.1) is 10.1 Å². The van der Waals surface area contributed by atoms with Gasteiger partial charge in [0, 0.05) is 24.7 Å². The molecular weight excluding hydrogens is 274 g/mol. The number of nitro benzene ring substituents is 1. The maximum atomic E-state index is 11.1. The van der Waals surface area contributed by atoms with E-state index in [1.807, 2.05) is 0 Å². The Balaban J connectivity index is 1.87. The van der Waals surface area contributed by atoms with Crippen molar-refractivity contribution in [2.45, 2.75) is 31.3 Å². The van der Waals surface area contributed by atoms with Gasteiger partial charge in [0.15, 0.2) is 0 Å². The molecule has 2 fully saturated rings. The van der Waals surface area contributed by atoms with Crippen molar-refractivity contribution in [3.63, 3.8) is 0 Å². The summed E-state index contributed by atoms with van der Waals surface area (Å²) in [5.74, 6) is -1.08. The molecule has 0 spiro atoms. The molecule has 1 aromatic carbocycles. The maximum absolute atomic E-state index is 11.1. The number of carboxylic acid groups (broad SMARTS) is 1. The summed E-state index contributed by atoms with van der Waals surface area (Å²) in [6.07, 6.45) is 3.17. The summed E-state index contributed by atoms with van der Waals surface area (Å²) in [5.41, 5.74) is 0.291. The zero-order valence-corrected chi connectivity index (χ0v) is 11.5. The van der Waals surface area contributed by atoms with Gasteiger partial charge in [-0.25, -0.2) is 4.79 Å². The third-order valence-electron chi connectivity index (χ3n) is 4.39. The molecule has 2 aliphatic rings. The first-order valence-electron chi connectivity index (χ1n) is 7.08. The van der Waals surface area contributed by atoms with Crippen LogP contribution in [0.5, 0.6) is 0 Å². The van der Waals surface area contributed by atoms with Gasteiger partial charge in [-0.2, -0.15) is 0 Å². The fraction of sp³-hybridized carbons (Fsp3) is 0.500. The topological polar surface area (TPSA) is 95.7 Å². The summed E-state index contributed by atoms with van der Waals surface area (Å²) in [6, 6.07) is 4.43. The quantitative estimate of drug-likeness (QED) is 0.650. The highest BCUT2D eigenvalue weighted by molar-refractivity contribution is 5.90. The van der Waals surface area contributed by atoms with E-state index < -0.39 is 10.9 Å². The van der Waals surface area contributed by atoms with Gasteiger partial charge in [0.2, 0.25) is 0 Å². The predicted molar refractivity (Wildman–Crippen MR) is 76.7 cm³/mol. The molecule has 0 aromatic heterocycles. The van der Waals surface area contributed by atoms with Gasteiger partial charge in [0.05, 0.1) is 10.5 Å². The molecule has 2 atom stereocenters. The second kappa shape index (κ2) is 5.33. The molecule has 0 bridgehead atoms. The fourth-order valence-electron chi connectivity index (χ4n) is 3.39. The molecule has 0 radical (unpaired) electrons. The number of hydrogen-bond acceptors (Lipinski definition) is 5. The van der Waals surface area contributed by atoms with E-state index in [2.05, 4.69) is 10.2 Å². The van der Waals surface area contributed by atoms with E-state index in [0.29, 0.717) is 11.7 Å². The number of rotatable bonds is 4. The summed E-state index contributed by atoms with van der Waals surface area (Å²) in [7, 11) is 0. The SMILES string of the molecule is O=C(O)c1ccc([N+](=O)[O-])c(NC2CCN3CCCC23)c1. The Bertz CT molecular complexity index is 590. The Morgan fingerprint density at radius 1 is 1.38 bits per heavy atom. The van der Waals surface area contributed by atoms with Crippen molar-refractivity contribution in [3.05, 3.63) is 33.9 Å².